The minimum absolute atomic E-state index is 0.387. The third-order valence-corrected chi connectivity index (χ3v) is 3.61. The van der Waals surface area contributed by atoms with Crippen LogP contribution in [0.5, 0.6) is 11.5 Å². The summed E-state index contributed by atoms with van der Waals surface area (Å²) in [7, 11) is 3.20. The largest absolute Gasteiger partial charge is 0.497 e. The predicted octanol–water partition coefficient (Wildman–Crippen LogP) is 3.42. The van der Waals surface area contributed by atoms with Gasteiger partial charge in [-0.25, -0.2) is 4.79 Å². The molecule has 1 heterocycles. The summed E-state index contributed by atoms with van der Waals surface area (Å²) in [5.41, 5.74) is 1.84. The maximum Gasteiger partial charge on any atom is 0.336 e. The third-order valence-electron chi connectivity index (χ3n) is 3.61. The second kappa shape index (κ2) is 6.44. The van der Waals surface area contributed by atoms with Gasteiger partial charge < -0.3 is 19.2 Å². The van der Waals surface area contributed by atoms with Gasteiger partial charge in [-0.1, -0.05) is 12.1 Å². The molecule has 0 radical (unpaired) electrons. The van der Waals surface area contributed by atoms with Gasteiger partial charge in [-0.15, -0.1) is 0 Å². The fourth-order valence-electron chi connectivity index (χ4n) is 2.46. The Morgan fingerprint density at radius 2 is 1.87 bits per heavy atom. The zero-order valence-electron chi connectivity index (χ0n) is 13.0. The van der Waals surface area contributed by atoms with Gasteiger partial charge in [-0.05, 0) is 29.8 Å². The first-order valence-electron chi connectivity index (χ1n) is 7.19. The van der Waals surface area contributed by atoms with Gasteiger partial charge in [0.05, 0.1) is 19.9 Å². The highest BCUT2D eigenvalue weighted by Crippen LogP contribution is 2.26. The van der Waals surface area contributed by atoms with E-state index >= 15 is 0 Å². The van der Waals surface area contributed by atoms with Crippen LogP contribution in [-0.4, -0.2) is 14.2 Å². The molecule has 0 saturated carbocycles. The number of ether oxygens (including phenoxy) is 2. The Labute approximate surface area is 133 Å². The molecule has 23 heavy (non-hydrogen) atoms. The number of fused-ring (bicyclic) bond motifs is 1. The number of para-hydroxylation sites is 2. The quantitative estimate of drug-likeness (QED) is 0.732. The van der Waals surface area contributed by atoms with Crippen molar-refractivity contribution in [2.75, 3.05) is 19.5 Å². The highest BCUT2D eigenvalue weighted by Gasteiger charge is 2.08. The fourth-order valence-corrected chi connectivity index (χ4v) is 2.46. The molecule has 0 saturated heterocycles. The summed E-state index contributed by atoms with van der Waals surface area (Å²) < 4.78 is 15.7. The van der Waals surface area contributed by atoms with E-state index in [1.807, 2.05) is 36.4 Å². The van der Waals surface area contributed by atoms with Crippen molar-refractivity contribution < 1.29 is 13.9 Å². The van der Waals surface area contributed by atoms with Crippen LogP contribution >= 0.6 is 0 Å². The van der Waals surface area contributed by atoms with Crippen molar-refractivity contribution in [1.29, 1.82) is 0 Å². The van der Waals surface area contributed by atoms with E-state index in [-0.39, 0.29) is 5.63 Å². The second-order valence-corrected chi connectivity index (χ2v) is 5.01. The molecule has 0 aliphatic heterocycles. The van der Waals surface area contributed by atoms with Gasteiger partial charge in [0.15, 0.2) is 0 Å². The molecule has 0 atom stereocenters. The lowest BCUT2D eigenvalue weighted by molar-refractivity contribution is 0.414. The number of hydrogen-bond donors (Lipinski definition) is 1. The van der Waals surface area contributed by atoms with Crippen LogP contribution in [0.3, 0.4) is 0 Å². The minimum atomic E-state index is -0.387. The van der Waals surface area contributed by atoms with Crippen LogP contribution in [0, 0.1) is 0 Å². The zero-order valence-corrected chi connectivity index (χ0v) is 13.0. The number of nitrogens with one attached hydrogen (secondary N) is 1. The Morgan fingerprint density at radius 3 is 2.65 bits per heavy atom. The van der Waals surface area contributed by atoms with E-state index in [0.29, 0.717) is 17.9 Å². The third kappa shape index (κ3) is 3.13. The van der Waals surface area contributed by atoms with E-state index < -0.39 is 0 Å². The summed E-state index contributed by atoms with van der Waals surface area (Å²) in [5, 5.41) is 4.16. The van der Waals surface area contributed by atoms with Crippen molar-refractivity contribution >= 4 is 16.7 Å². The van der Waals surface area contributed by atoms with Gasteiger partial charge in [0, 0.05) is 24.1 Å². The van der Waals surface area contributed by atoms with Gasteiger partial charge in [0.1, 0.15) is 17.1 Å². The number of benzene rings is 2. The highest BCUT2D eigenvalue weighted by atomic mass is 16.5. The Balaban J connectivity index is 1.95. The van der Waals surface area contributed by atoms with Crippen LogP contribution in [0.2, 0.25) is 0 Å². The van der Waals surface area contributed by atoms with Gasteiger partial charge >= 0.3 is 5.63 Å². The maximum absolute atomic E-state index is 11.8. The van der Waals surface area contributed by atoms with Gasteiger partial charge in [0.2, 0.25) is 0 Å². The van der Waals surface area contributed by atoms with Crippen molar-refractivity contribution in [3.63, 3.8) is 0 Å². The van der Waals surface area contributed by atoms with Gasteiger partial charge in [-0.3, -0.25) is 0 Å². The fraction of sp³-hybridized carbons (Fsp3) is 0.167. The first-order chi connectivity index (χ1) is 11.2. The lowest BCUT2D eigenvalue weighted by atomic mass is 10.1. The number of methoxy groups -OCH3 is 2. The average molecular weight is 311 g/mol. The molecular formula is C18H17NO4. The molecule has 0 bridgehead atoms. The van der Waals surface area contributed by atoms with Crippen LogP contribution in [0.25, 0.3) is 11.0 Å². The van der Waals surface area contributed by atoms with Crippen LogP contribution < -0.4 is 20.4 Å². The van der Waals surface area contributed by atoms with Crippen LogP contribution in [-0.2, 0) is 6.54 Å². The van der Waals surface area contributed by atoms with Crippen LogP contribution in [0.1, 0.15) is 5.56 Å². The van der Waals surface area contributed by atoms with E-state index in [2.05, 4.69) is 5.32 Å². The highest BCUT2D eigenvalue weighted by molar-refractivity contribution is 5.81. The standard InChI is InChI=1S/C18H17NO4/c1-21-13-7-8-14-12(9-18(20)23-17(14)10-13)11-19-15-5-3-4-6-16(15)22-2/h3-10,19H,11H2,1-2H3. The number of hydrogen-bond acceptors (Lipinski definition) is 5. The van der Waals surface area contributed by atoms with E-state index in [4.69, 9.17) is 13.9 Å². The smallest absolute Gasteiger partial charge is 0.336 e. The first kappa shape index (κ1) is 15.0. The molecule has 0 fully saturated rings. The van der Waals surface area contributed by atoms with Crippen molar-refractivity contribution in [2.24, 2.45) is 0 Å². The Hall–Kier alpha value is -2.95. The summed E-state index contributed by atoms with van der Waals surface area (Å²) in [6.45, 7) is 0.481. The number of anilines is 1. The molecule has 3 rings (SSSR count). The Kier molecular flexibility index (Phi) is 4.19. The van der Waals surface area contributed by atoms with E-state index in [1.165, 1.54) is 6.07 Å². The zero-order chi connectivity index (χ0) is 16.2. The summed E-state index contributed by atoms with van der Waals surface area (Å²) in [6, 6.07) is 14.6. The molecule has 0 unspecified atom stereocenters. The van der Waals surface area contributed by atoms with Crippen LogP contribution in [0.4, 0.5) is 5.69 Å². The molecule has 1 N–H and O–H groups in total. The summed E-state index contributed by atoms with van der Waals surface area (Å²) in [6.07, 6.45) is 0. The molecule has 0 aliphatic rings. The Bertz CT molecular complexity index is 886. The van der Waals surface area contributed by atoms with E-state index in [1.54, 1.807) is 20.3 Å². The molecule has 0 spiro atoms. The normalized spacial score (nSPS) is 10.5. The SMILES string of the molecule is COc1ccc2c(CNc3ccccc3OC)cc(=O)oc2c1. The van der Waals surface area contributed by atoms with E-state index in [0.717, 1.165) is 22.4 Å². The van der Waals surface area contributed by atoms with Crippen molar-refractivity contribution in [3.05, 3.63) is 64.5 Å². The van der Waals surface area contributed by atoms with Crippen molar-refractivity contribution in [1.82, 2.24) is 0 Å². The summed E-state index contributed by atoms with van der Waals surface area (Å²) in [5.74, 6) is 1.40. The lowest BCUT2D eigenvalue weighted by Crippen LogP contribution is -2.06. The van der Waals surface area contributed by atoms with Crippen molar-refractivity contribution in [2.45, 2.75) is 6.54 Å². The summed E-state index contributed by atoms with van der Waals surface area (Å²) in [4.78, 5) is 11.8. The summed E-state index contributed by atoms with van der Waals surface area (Å²) >= 11 is 0. The lowest BCUT2D eigenvalue weighted by Gasteiger charge is -2.12. The first-order valence-corrected chi connectivity index (χ1v) is 7.19. The molecule has 5 heteroatoms. The molecule has 3 aromatic rings. The van der Waals surface area contributed by atoms with Crippen molar-refractivity contribution in [3.8, 4) is 11.5 Å². The van der Waals surface area contributed by atoms with Gasteiger partial charge in [0.25, 0.3) is 0 Å². The van der Waals surface area contributed by atoms with E-state index in [9.17, 15) is 4.79 Å². The molecule has 1 aromatic heterocycles. The average Bonchev–Trinajstić information content (AvgIpc) is 2.59. The Morgan fingerprint density at radius 1 is 1.04 bits per heavy atom. The predicted molar refractivity (Wildman–Crippen MR) is 89.4 cm³/mol. The minimum Gasteiger partial charge on any atom is -0.497 e. The van der Waals surface area contributed by atoms with Crippen LogP contribution in [0.15, 0.2) is 57.7 Å². The molecule has 2 aromatic carbocycles. The monoisotopic (exact) mass is 311 g/mol. The molecule has 0 amide bonds. The molecule has 118 valence electrons. The van der Waals surface area contributed by atoms with Gasteiger partial charge in [-0.2, -0.15) is 0 Å². The molecule has 0 aliphatic carbocycles. The second-order valence-electron chi connectivity index (χ2n) is 5.01. The number of rotatable bonds is 5. The maximum atomic E-state index is 11.8. The molecule has 5 nitrogen and oxygen atoms in total. The molecular weight excluding hydrogens is 294 g/mol. The topological polar surface area (TPSA) is 60.7 Å².